The molecule has 1 heterocycles. The van der Waals surface area contributed by atoms with E-state index in [1.54, 1.807) is 6.07 Å². The van der Waals surface area contributed by atoms with E-state index in [0.717, 1.165) is 25.5 Å². The van der Waals surface area contributed by atoms with E-state index in [2.05, 4.69) is 5.32 Å². The number of benzene rings is 1. The fraction of sp³-hybridized carbons (Fsp3) is 0.600. The molecule has 0 bridgehead atoms. The maximum absolute atomic E-state index is 13.8. The zero-order chi connectivity index (χ0) is 14.4. The summed E-state index contributed by atoms with van der Waals surface area (Å²) in [5.41, 5.74) is 0.305. The van der Waals surface area contributed by atoms with Gasteiger partial charge in [0.25, 0.3) is 0 Å². The van der Waals surface area contributed by atoms with Gasteiger partial charge in [0.1, 0.15) is 0 Å². The molecule has 0 aliphatic carbocycles. The third-order valence-electron chi connectivity index (χ3n) is 3.42. The average molecular weight is 285 g/mol. The van der Waals surface area contributed by atoms with Crippen molar-refractivity contribution < 1.29 is 18.3 Å². The molecule has 2 rings (SSSR count). The van der Waals surface area contributed by atoms with Gasteiger partial charge in [-0.05, 0) is 25.5 Å². The first-order chi connectivity index (χ1) is 9.72. The SMILES string of the molecule is CCNC(COCC1CCCO1)c1cccc(F)c1F. The van der Waals surface area contributed by atoms with Crippen LogP contribution in [0.15, 0.2) is 18.2 Å². The van der Waals surface area contributed by atoms with Gasteiger partial charge in [-0.3, -0.25) is 0 Å². The number of likely N-dealkylation sites (N-methyl/N-ethyl adjacent to an activating group) is 1. The van der Waals surface area contributed by atoms with Gasteiger partial charge < -0.3 is 14.8 Å². The molecular formula is C15H21F2NO2. The van der Waals surface area contributed by atoms with Crippen LogP contribution >= 0.6 is 0 Å². The molecule has 1 aromatic carbocycles. The predicted molar refractivity (Wildman–Crippen MR) is 72.6 cm³/mol. The quantitative estimate of drug-likeness (QED) is 0.835. The smallest absolute Gasteiger partial charge is 0.163 e. The van der Waals surface area contributed by atoms with E-state index >= 15 is 0 Å². The van der Waals surface area contributed by atoms with Gasteiger partial charge in [-0.1, -0.05) is 19.1 Å². The highest BCUT2D eigenvalue weighted by Gasteiger charge is 2.20. The number of hydrogen-bond donors (Lipinski definition) is 1. The topological polar surface area (TPSA) is 30.5 Å². The summed E-state index contributed by atoms with van der Waals surface area (Å²) in [7, 11) is 0. The van der Waals surface area contributed by atoms with Gasteiger partial charge in [0.15, 0.2) is 11.6 Å². The fourth-order valence-electron chi connectivity index (χ4n) is 2.39. The summed E-state index contributed by atoms with van der Waals surface area (Å²) in [6.07, 6.45) is 2.19. The van der Waals surface area contributed by atoms with Crippen molar-refractivity contribution in [2.45, 2.75) is 31.9 Å². The van der Waals surface area contributed by atoms with Gasteiger partial charge in [-0.2, -0.15) is 0 Å². The lowest BCUT2D eigenvalue weighted by atomic mass is 10.1. The minimum Gasteiger partial charge on any atom is -0.377 e. The summed E-state index contributed by atoms with van der Waals surface area (Å²) in [6.45, 7) is 4.16. The second kappa shape index (κ2) is 7.67. The van der Waals surface area contributed by atoms with Crippen molar-refractivity contribution in [3.63, 3.8) is 0 Å². The van der Waals surface area contributed by atoms with Gasteiger partial charge in [-0.25, -0.2) is 8.78 Å². The van der Waals surface area contributed by atoms with Crippen molar-refractivity contribution in [1.82, 2.24) is 5.32 Å². The van der Waals surface area contributed by atoms with Crippen molar-refractivity contribution >= 4 is 0 Å². The largest absolute Gasteiger partial charge is 0.377 e. The summed E-state index contributed by atoms with van der Waals surface area (Å²) >= 11 is 0. The van der Waals surface area contributed by atoms with Crippen LogP contribution in [-0.4, -0.2) is 32.5 Å². The van der Waals surface area contributed by atoms with E-state index in [4.69, 9.17) is 9.47 Å². The summed E-state index contributed by atoms with van der Waals surface area (Å²) in [5, 5.41) is 3.12. The monoisotopic (exact) mass is 285 g/mol. The normalized spacial score (nSPS) is 20.2. The Labute approximate surface area is 118 Å². The number of halogens is 2. The van der Waals surface area contributed by atoms with Crippen molar-refractivity contribution in [3.8, 4) is 0 Å². The third kappa shape index (κ3) is 3.98. The number of rotatable bonds is 7. The zero-order valence-electron chi connectivity index (χ0n) is 11.7. The summed E-state index contributed by atoms with van der Waals surface area (Å²) in [4.78, 5) is 0. The highest BCUT2D eigenvalue weighted by molar-refractivity contribution is 5.22. The van der Waals surface area contributed by atoms with Crippen molar-refractivity contribution in [3.05, 3.63) is 35.4 Å². The van der Waals surface area contributed by atoms with Crippen molar-refractivity contribution in [2.24, 2.45) is 0 Å². The lowest BCUT2D eigenvalue weighted by molar-refractivity contribution is 0.00978. The minimum atomic E-state index is -0.829. The molecule has 3 nitrogen and oxygen atoms in total. The molecule has 0 aromatic heterocycles. The standard InChI is InChI=1S/C15H21F2NO2/c1-2-18-14(10-19-9-11-5-4-8-20-11)12-6-3-7-13(16)15(12)17/h3,6-7,11,14,18H,2,4-5,8-10H2,1H3. The molecule has 20 heavy (non-hydrogen) atoms. The predicted octanol–water partition coefficient (Wildman–Crippen LogP) is 2.81. The van der Waals surface area contributed by atoms with Crippen LogP contribution in [0.2, 0.25) is 0 Å². The van der Waals surface area contributed by atoms with Gasteiger partial charge >= 0.3 is 0 Å². The van der Waals surface area contributed by atoms with Crippen LogP contribution in [0.5, 0.6) is 0 Å². The van der Waals surface area contributed by atoms with Crippen LogP contribution in [-0.2, 0) is 9.47 Å². The molecule has 0 saturated carbocycles. The molecule has 0 amide bonds. The first-order valence-electron chi connectivity index (χ1n) is 7.09. The Kier molecular flexibility index (Phi) is 5.88. The van der Waals surface area contributed by atoms with Crippen LogP contribution in [0, 0.1) is 11.6 Å². The molecular weight excluding hydrogens is 264 g/mol. The van der Waals surface area contributed by atoms with Crippen molar-refractivity contribution in [2.75, 3.05) is 26.4 Å². The lowest BCUT2D eigenvalue weighted by Gasteiger charge is -2.20. The van der Waals surface area contributed by atoms with E-state index in [9.17, 15) is 8.78 Å². The molecule has 1 aliphatic heterocycles. The summed E-state index contributed by atoms with van der Waals surface area (Å²) in [6, 6.07) is 3.87. The fourth-order valence-corrected chi connectivity index (χ4v) is 2.39. The molecule has 1 aromatic rings. The summed E-state index contributed by atoms with van der Waals surface area (Å²) in [5.74, 6) is -1.64. The second-order valence-corrected chi connectivity index (χ2v) is 4.93. The molecule has 1 aliphatic rings. The molecule has 5 heteroatoms. The molecule has 1 fully saturated rings. The van der Waals surface area contributed by atoms with Crippen LogP contribution in [0.25, 0.3) is 0 Å². The van der Waals surface area contributed by atoms with Gasteiger partial charge in [0.2, 0.25) is 0 Å². The first-order valence-corrected chi connectivity index (χ1v) is 7.09. The highest BCUT2D eigenvalue weighted by atomic mass is 19.2. The Morgan fingerprint density at radius 1 is 1.45 bits per heavy atom. The minimum absolute atomic E-state index is 0.134. The maximum Gasteiger partial charge on any atom is 0.163 e. The number of nitrogens with one attached hydrogen (secondary N) is 1. The van der Waals surface area contributed by atoms with Crippen LogP contribution < -0.4 is 5.32 Å². The van der Waals surface area contributed by atoms with Gasteiger partial charge in [0.05, 0.1) is 25.4 Å². The zero-order valence-corrected chi connectivity index (χ0v) is 11.7. The molecule has 1 saturated heterocycles. The molecule has 1 N–H and O–H groups in total. The molecule has 2 atom stereocenters. The Balaban J connectivity index is 1.93. The lowest BCUT2D eigenvalue weighted by Crippen LogP contribution is -2.28. The molecule has 112 valence electrons. The molecule has 0 spiro atoms. The number of hydrogen-bond acceptors (Lipinski definition) is 3. The second-order valence-electron chi connectivity index (χ2n) is 4.93. The van der Waals surface area contributed by atoms with Crippen LogP contribution in [0.4, 0.5) is 8.78 Å². The number of ether oxygens (including phenoxy) is 2. The van der Waals surface area contributed by atoms with E-state index in [1.807, 2.05) is 6.92 Å². The Morgan fingerprint density at radius 2 is 2.30 bits per heavy atom. The average Bonchev–Trinajstić information content (AvgIpc) is 2.94. The highest BCUT2D eigenvalue weighted by Crippen LogP contribution is 2.20. The summed E-state index contributed by atoms with van der Waals surface area (Å²) < 4.78 is 38.2. The Bertz CT molecular complexity index is 422. The molecule has 2 unspecified atom stereocenters. The van der Waals surface area contributed by atoms with Gasteiger partial charge in [-0.15, -0.1) is 0 Å². The Morgan fingerprint density at radius 3 is 3.00 bits per heavy atom. The van der Waals surface area contributed by atoms with Crippen LogP contribution in [0.3, 0.4) is 0 Å². The Hall–Kier alpha value is -1.04. The first kappa shape index (κ1) is 15.4. The van der Waals surface area contributed by atoms with E-state index < -0.39 is 11.6 Å². The van der Waals surface area contributed by atoms with Crippen molar-refractivity contribution in [1.29, 1.82) is 0 Å². The maximum atomic E-state index is 13.8. The van der Waals surface area contributed by atoms with E-state index in [1.165, 1.54) is 6.07 Å². The van der Waals surface area contributed by atoms with E-state index in [0.29, 0.717) is 25.3 Å². The molecule has 0 radical (unpaired) electrons. The van der Waals surface area contributed by atoms with Gasteiger partial charge in [0, 0.05) is 12.2 Å². The van der Waals surface area contributed by atoms with Crippen LogP contribution in [0.1, 0.15) is 31.4 Å². The van der Waals surface area contributed by atoms with E-state index in [-0.39, 0.29) is 12.1 Å². The third-order valence-corrected chi connectivity index (χ3v) is 3.42.